The van der Waals surface area contributed by atoms with Gasteiger partial charge in [0.15, 0.2) is 11.2 Å². The van der Waals surface area contributed by atoms with Crippen LogP contribution in [-0.4, -0.2) is 35.1 Å². The lowest BCUT2D eigenvalue weighted by Crippen LogP contribution is -2.37. The van der Waals surface area contributed by atoms with Gasteiger partial charge in [-0.25, -0.2) is 10.2 Å². The molecule has 2 heterocycles. The molecule has 4 rings (SSSR count). The van der Waals surface area contributed by atoms with Gasteiger partial charge in [-0.3, -0.25) is 18.5 Å². The number of aryl methyl sites for hydroxylation is 2. The highest BCUT2D eigenvalue weighted by atomic mass is 16.3. The van der Waals surface area contributed by atoms with E-state index < -0.39 is 11.2 Å². The number of imidazole rings is 1. The van der Waals surface area contributed by atoms with E-state index in [1.807, 2.05) is 31.2 Å². The van der Waals surface area contributed by atoms with Gasteiger partial charge in [0.05, 0.1) is 12.8 Å². The van der Waals surface area contributed by atoms with Crippen molar-refractivity contribution in [1.82, 2.24) is 18.7 Å². The molecule has 2 aromatic carbocycles. The smallest absolute Gasteiger partial charge is 0.332 e. The van der Waals surface area contributed by atoms with Gasteiger partial charge in [-0.1, -0.05) is 29.8 Å². The van der Waals surface area contributed by atoms with E-state index in [-0.39, 0.29) is 28.6 Å². The molecule has 0 saturated heterocycles. The van der Waals surface area contributed by atoms with Crippen molar-refractivity contribution in [2.75, 3.05) is 5.43 Å². The Hall–Kier alpha value is -4.34. The maximum Gasteiger partial charge on any atom is 0.332 e. The molecule has 0 spiro atoms. The van der Waals surface area contributed by atoms with Crippen LogP contribution in [0, 0.1) is 6.92 Å². The van der Waals surface area contributed by atoms with Gasteiger partial charge in [-0.05, 0) is 24.6 Å². The average Bonchev–Trinajstić information content (AvgIpc) is 3.12. The number of aromatic nitrogens is 4. The summed E-state index contributed by atoms with van der Waals surface area (Å²) in [5.41, 5.74) is 4.78. The number of anilines is 1. The third-order valence-corrected chi connectivity index (χ3v) is 5.19. The number of aromatic hydroxyl groups is 2. The summed E-state index contributed by atoms with van der Waals surface area (Å²) in [7, 11) is 2.97. The SMILES string of the molecule is Cc1ccc(Cn2c(N/N=C\c3ccc(O)cc3O)nc3c2c(=O)n(C)c(=O)n3C)cc1. The van der Waals surface area contributed by atoms with Gasteiger partial charge >= 0.3 is 5.69 Å². The largest absolute Gasteiger partial charge is 0.508 e. The Labute approximate surface area is 182 Å². The number of rotatable bonds is 5. The maximum absolute atomic E-state index is 12.9. The molecule has 4 aromatic rings. The molecule has 3 N–H and O–H groups in total. The van der Waals surface area contributed by atoms with Crippen LogP contribution in [0.1, 0.15) is 16.7 Å². The van der Waals surface area contributed by atoms with Crippen molar-refractivity contribution in [2.24, 2.45) is 19.2 Å². The standard InChI is InChI=1S/C22H22N6O4/c1-13-4-6-14(7-5-13)12-28-18-19(26(2)22(32)27(3)20(18)31)24-21(28)25-23-11-15-8-9-16(29)10-17(15)30/h4-11,29-30H,12H2,1-3H3,(H,24,25)/b23-11-. The Morgan fingerprint density at radius 3 is 2.47 bits per heavy atom. The highest BCUT2D eigenvalue weighted by molar-refractivity contribution is 5.84. The molecular formula is C22H22N6O4. The van der Waals surface area contributed by atoms with Crippen molar-refractivity contribution >= 4 is 23.3 Å². The molecule has 10 nitrogen and oxygen atoms in total. The predicted octanol–water partition coefficient (Wildman–Crippen LogP) is 1.65. The first-order valence-corrected chi connectivity index (χ1v) is 9.79. The molecule has 0 bridgehead atoms. The van der Waals surface area contributed by atoms with Crippen LogP contribution in [0.15, 0.2) is 57.2 Å². The Morgan fingerprint density at radius 1 is 1.06 bits per heavy atom. The fourth-order valence-corrected chi connectivity index (χ4v) is 3.36. The predicted molar refractivity (Wildman–Crippen MR) is 121 cm³/mol. The van der Waals surface area contributed by atoms with E-state index in [9.17, 15) is 19.8 Å². The van der Waals surface area contributed by atoms with Crippen LogP contribution < -0.4 is 16.7 Å². The van der Waals surface area contributed by atoms with Gasteiger partial charge < -0.3 is 10.2 Å². The zero-order valence-electron chi connectivity index (χ0n) is 17.8. The van der Waals surface area contributed by atoms with Gasteiger partial charge in [-0.15, -0.1) is 0 Å². The third kappa shape index (κ3) is 3.73. The van der Waals surface area contributed by atoms with Crippen molar-refractivity contribution in [3.63, 3.8) is 0 Å². The second-order valence-corrected chi connectivity index (χ2v) is 7.50. The second kappa shape index (κ2) is 8.06. The number of hydrazone groups is 1. The zero-order valence-corrected chi connectivity index (χ0v) is 17.8. The van der Waals surface area contributed by atoms with Gasteiger partial charge in [0.2, 0.25) is 5.95 Å². The lowest BCUT2D eigenvalue weighted by molar-refractivity contribution is 0.450. The summed E-state index contributed by atoms with van der Waals surface area (Å²) in [5.74, 6) is 0.0534. The number of phenolic OH excluding ortho intramolecular Hbond substituents is 2. The summed E-state index contributed by atoms with van der Waals surface area (Å²) in [6.45, 7) is 2.31. The monoisotopic (exact) mass is 434 g/mol. The summed E-state index contributed by atoms with van der Waals surface area (Å²) in [6, 6.07) is 12.0. The second-order valence-electron chi connectivity index (χ2n) is 7.50. The van der Waals surface area contributed by atoms with E-state index >= 15 is 0 Å². The van der Waals surface area contributed by atoms with E-state index in [1.165, 1.54) is 36.0 Å². The zero-order chi connectivity index (χ0) is 23.0. The normalized spacial score (nSPS) is 11.5. The molecule has 0 fully saturated rings. The minimum atomic E-state index is -0.480. The summed E-state index contributed by atoms with van der Waals surface area (Å²) in [6.07, 6.45) is 1.36. The topological polar surface area (TPSA) is 127 Å². The van der Waals surface area contributed by atoms with Crippen LogP contribution in [-0.2, 0) is 20.6 Å². The minimum absolute atomic E-state index is 0.0655. The Bertz CT molecular complexity index is 1460. The van der Waals surface area contributed by atoms with E-state index in [2.05, 4.69) is 15.5 Å². The molecule has 0 amide bonds. The number of fused-ring (bicyclic) bond motifs is 1. The van der Waals surface area contributed by atoms with Gasteiger partial charge in [-0.2, -0.15) is 10.1 Å². The van der Waals surface area contributed by atoms with Crippen LogP contribution in [0.25, 0.3) is 11.2 Å². The minimum Gasteiger partial charge on any atom is -0.508 e. The molecule has 0 atom stereocenters. The number of hydrogen-bond acceptors (Lipinski definition) is 7. The fourth-order valence-electron chi connectivity index (χ4n) is 3.36. The lowest BCUT2D eigenvalue weighted by Gasteiger charge is -2.09. The Morgan fingerprint density at radius 2 is 1.78 bits per heavy atom. The molecule has 0 aliphatic carbocycles. The third-order valence-electron chi connectivity index (χ3n) is 5.19. The Balaban J connectivity index is 1.81. The molecule has 0 unspecified atom stereocenters. The highest BCUT2D eigenvalue weighted by Gasteiger charge is 2.19. The number of nitrogens with zero attached hydrogens (tertiary/aromatic N) is 5. The van der Waals surface area contributed by atoms with E-state index in [0.717, 1.165) is 15.7 Å². The van der Waals surface area contributed by atoms with Crippen LogP contribution in [0.3, 0.4) is 0 Å². The van der Waals surface area contributed by atoms with Gasteiger partial charge in [0, 0.05) is 25.7 Å². The van der Waals surface area contributed by atoms with Crippen molar-refractivity contribution < 1.29 is 10.2 Å². The number of benzene rings is 2. The van der Waals surface area contributed by atoms with Gasteiger partial charge in [0.1, 0.15) is 11.5 Å². The van der Waals surface area contributed by atoms with Crippen LogP contribution in [0.4, 0.5) is 5.95 Å². The van der Waals surface area contributed by atoms with Gasteiger partial charge in [0.25, 0.3) is 5.56 Å². The van der Waals surface area contributed by atoms with Crippen molar-refractivity contribution in [2.45, 2.75) is 13.5 Å². The number of nitrogens with one attached hydrogen (secondary N) is 1. The van der Waals surface area contributed by atoms with E-state index in [4.69, 9.17) is 0 Å². The molecule has 2 aromatic heterocycles. The van der Waals surface area contributed by atoms with Crippen molar-refractivity contribution in [1.29, 1.82) is 0 Å². The van der Waals surface area contributed by atoms with Crippen LogP contribution in [0.5, 0.6) is 11.5 Å². The van der Waals surface area contributed by atoms with Crippen LogP contribution >= 0.6 is 0 Å². The fraction of sp³-hybridized carbons (Fsp3) is 0.182. The molecule has 0 saturated carbocycles. The molecule has 0 aliphatic rings. The van der Waals surface area contributed by atoms with Crippen molar-refractivity contribution in [3.8, 4) is 11.5 Å². The molecule has 0 radical (unpaired) electrons. The highest BCUT2D eigenvalue weighted by Crippen LogP contribution is 2.21. The summed E-state index contributed by atoms with van der Waals surface area (Å²) in [4.78, 5) is 29.7. The van der Waals surface area contributed by atoms with Crippen molar-refractivity contribution in [3.05, 3.63) is 80.0 Å². The number of phenols is 2. The van der Waals surface area contributed by atoms with E-state index in [0.29, 0.717) is 12.1 Å². The molecule has 32 heavy (non-hydrogen) atoms. The van der Waals surface area contributed by atoms with Crippen LogP contribution in [0.2, 0.25) is 0 Å². The first-order valence-electron chi connectivity index (χ1n) is 9.79. The summed E-state index contributed by atoms with van der Waals surface area (Å²) >= 11 is 0. The molecule has 0 aliphatic heterocycles. The first kappa shape index (κ1) is 20.9. The summed E-state index contributed by atoms with van der Waals surface area (Å²) < 4.78 is 4.01. The molecule has 164 valence electrons. The maximum atomic E-state index is 12.9. The number of hydrogen-bond donors (Lipinski definition) is 3. The quantitative estimate of drug-likeness (QED) is 0.324. The Kier molecular flexibility index (Phi) is 5.27. The lowest BCUT2D eigenvalue weighted by atomic mass is 10.1. The summed E-state index contributed by atoms with van der Waals surface area (Å²) in [5, 5.41) is 23.5. The molecule has 10 heteroatoms. The molecular weight excluding hydrogens is 412 g/mol. The van der Waals surface area contributed by atoms with E-state index in [1.54, 1.807) is 11.6 Å². The average molecular weight is 434 g/mol. The first-order chi connectivity index (χ1) is 15.3.